The van der Waals surface area contributed by atoms with Gasteiger partial charge in [0.15, 0.2) is 11.5 Å². The molecule has 11 heteroatoms. The molecule has 0 spiro atoms. The van der Waals surface area contributed by atoms with Crippen molar-refractivity contribution in [2.75, 3.05) is 26.1 Å². The quantitative estimate of drug-likeness (QED) is 0.209. The topological polar surface area (TPSA) is 107 Å². The molecule has 0 aliphatic rings. The summed E-state index contributed by atoms with van der Waals surface area (Å²) in [5.41, 5.74) is 3.72. The predicted molar refractivity (Wildman–Crippen MR) is 142 cm³/mol. The molecule has 0 fully saturated rings. The molecule has 2 amide bonds. The van der Waals surface area contributed by atoms with Crippen LogP contribution in [0.2, 0.25) is 10.0 Å². The molecule has 0 saturated heterocycles. The molecule has 0 bridgehead atoms. The third kappa shape index (κ3) is 7.52. The number of nitrogens with zero attached hydrogens (tertiary/aromatic N) is 1. The predicted octanol–water partition coefficient (Wildman–Crippen LogP) is 5.08. The minimum absolute atomic E-state index is 0.148. The van der Waals surface area contributed by atoms with Crippen LogP contribution >= 0.6 is 23.2 Å². The van der Waals surface area contributed by atoms with Gasteiger partial charge in [-0.05, 0) is 55.0 Å². The van der Waals surface area contributed by atoms with Crippen molar-refractivity contribution in [3.63, 3.8) is 0 Å². The number of hydrazone groups is 1. The third-order valence-corrected chi connectivity index (χ3v) is 5.65. The van der Waals surface area contributed by atoms with Gasteiger partial charge in [-0.2, -0.15) is 5.10 Å². The average molecular weight is 546 g/mol. The van der Waals surface area contributed by atoms with Crippen LogP contribution in [-0.4, -0.2) is 38.9 Å². The van der Waals surface area contributed by atoms with Crippen LogP contribution in [0, 0.1) is 0 Å². The van der Waals surface area contributed by atoms with Crippen LogP contribution in [0.5, 0.6) is 23.0 Å². The number of hydrogen-bond donors (Lipinski definition) is 2. The summed E-state index contributed by atoms with van der Waals surface area (Å²) in [5, 5.41) is 7.32. The number of anilines is 1. The van der Waals surface area contributed by atoms with Gasteiger partial charge in [0.2, 0.25) is 0 Å². The molecule has 0 saturated carbocycles. The Labute approximate surface area is 224 Å². The minimum Gasteiger partial charge on any atom is -0.497 e. The van der Waals surface area contributed by atoms with Crippen molar-refractivity contribution in [2.45, 2.75) is 13.5 Å². The molecule has 3 aromatic rings. The standard InChI is InChI=1S/C26H25Cl2N3O6/c1-4-36-24-12-16(8-10-23(24)37-15-18-19(27)6-5-7-20(18)28)14-29-31-26(33)25(32)30-21-13-17(34-2)9-11-22(21)35-3/h5-14H,4,15H2,1-3H3,(H,30,32)(H,31,33)/b29-14+. The van der Waals surface area contributed by atoms with E-state index in [4.69, 9.17) is 42.1 Å². The van der Waals surface area contributed by atoms with Gasteiger partial charge in [0.05, 0.1) is 32.7 Å². The summed E-state index contributed by atoms with van der Waals surface area (Å²) >= 11 is 12.4. The van der Waals surface area contributed by atoms with Crippen LogP contribution in [0.1, 0.15) is 18.1 Å². The highest BCUT2D eigenvalue weighted by molar-refractivity contribution is 6.39. The Balaban J connectivity index is 1.64. The SMILES string of the molecule is CCOc1cc(/C=N/NC(=O)C(=O)Nc2cc(OC)ccc2OC)ccc1OCc1c(Cl)cccc1Cl. The third-order valence-electron chi connectivity index (χ3n) is 4.94. The highest BCUT2D eigenvalue weighted by Crippen LogP contribution is 2.32. The smallest absolute Gasteiger partial charge is 0.329 e. The summed E-state index contributed by atoms with van der Waals surface area (Å²) in [5.74, 6) is -0.104. The first-order valence-electron chi connectivity index (χ1n) is 11.0. The lowest BCUT2D eigenvalue weighted by molar-refractivity contribution is -0.136. The maximum atomic E-state index is 12.3. The number of amides is 2. The molecule has 37 heavy (non-hydrogen) atoms. The van der Waals surface area contributed by atoms with E-state index in [0.29, 0.717) is 50.8 Å². The molecule has 3 aromatic carbocycles. The Kier molecular flexibility index (Phi) is 10.00. The fourth-order valence-electron chi connectivity index (χ4n) is 3.12. The summed E-state index contributed by atoms with van der Waals surface area (Å²) in [4.78, 5) is 24.5. The molecular weight excluding hydrogens is 521 g/mol. The van der Waals surface area contributed by atoms with Gasteiger partial charge >= 0.3 is 11.8 Å². The number of methoxy groups -OCH3 is 2. The Morgan fingerprint density at radius 3 is 2.30 bits per heavy atom. The summed E-state index contributed by atoms with van der Waals surface area (Å²) in [6.07, 6.45) is 1.37. The van der Waals surface area contributed by atoms with Gasteiger partial charge in [0, 0.05) is 21.7 Å². The minimum atomic E-state index is -0.970. The van der Waals surface area contributed by atoms with E-state index in [1.165, 1.54) is 26.5 Å². The Hall–Kier alpha value is -3.95. The van der Waals surface area contributed by atoms with Crippen molar-refractivity contribution in [1.29, 1.82) is 0 Å². The molecule has 0 unspecified atom stereocenters. The van der Waals surface area contributed by atoms with Crippen molar-refractivity contribution in [1.82, 2.24) is 5.43 Å². The lowest BCUT2D eigenvalue weighted by Crippen LogP contribution is -2.32. The van der Waals surface area contributed by atoms with Crippen molar-refractivity contribution in [3.05, 3.63) is 75.8 Å². The van der Waals surface area contributed by atoms with Crippen molar-refractivity contribution < 1.29 is 28.5 Å². The molecule has 0 radical (unpaired) electrons. The number of nitrogens with one attached hydrogen (secondary N) is 2. The van der Waals surface area contributed by atoms with E-state index in [-0.39, 0.29) is 12.3 Å². The van der Waals surface area contributed by atoms with Gasteiger partial charge < -0.3 is 24.3 Å². The second-order valence-electron chi connectivity index (χ2n) is 7.35. The zero-order valence-electron chi connectivity index (χ0n) is 20.3. The maximum Gasteiger partial charge on any atom is 0.329 e. The van der Waals surface area contributed by atoms with E-state index in [9.17, 15) is 9.59 Å². The molecular formula is C26H25Cl2N3O6. The molecule has 9 nitrogen and oxygen atoms in total. The highest BCUT2D eigenvalue weighted by atomic mass is 35.5. The van der Waals surface area contributed by atoms with E-state index in [2.05, 4.69) is 15.8 Å². The van der Waals surface area contributed by atoms with Gasteiger partial charge in [0.1, 0.15) is 18.1 Å². The molecule has 2 N–H and O–H groups in total. The molecule has 194 valence electrons. The zero-order valence-corrected chi connectivity index (χ0v) is 21.9. The first-order chi connectivity index (χ1) is 17.9. The summed E-state index contributed by atoms with van der Waals surface area (Å²) in [6, 6.07) is 15.1. The maximum absolute atomic E-state index is 12.3. The summed E-state index contributed by atoms with van der Waals surface area (Å²) < 4.78 is 21.9. The van der Waals surface area contributed by atoms with Crippen LogP contribution in [0.15, 0.2) is 59.7 Å². The Morgan fingerprint density at radius 1 is 0.892 bits per heavy atom. The Bertz CT molecular complexity index is 1280. The highest BCUT2D eigenvalue weighted by Gasteiger charge is 2.16. The van der Waals surface area contributed by atoms with Gasteiger partial charge in [-0.25, -0.2) is 5.43 Å². The molecule has 0 atom stereocenters. The molecule has 0 aliphatic carbocycles. The first-order valence-corrected chi connectivity index (χ1v) is 11.8. The van der Waals surface area contributed by atoms with Crippen molar-refractivity contribution in [2.24, 2.45) is 5.10 Å². The van der Waals surface area contributed by atoms with Crippen LogP contribution in [0.3, 0.4) is 0 Å². The molecule has 3 rings (SSSR count). The zero-order chi connectivity index (χ0) is 26.8. The molecule has 0 aromatic heterocycles. The van der Waals surface area contributed by atoms with Crippen LogP contribution in [0.25, 0.3) is 0 Å². The average Bonchev–Trinajstić information content (AvgIpc) is 2.89. The fraction of sp³-hybridized carbons (Fsp3) is 0.192. The van der Waals surface area contributed by atoms with Crippen LogP contribution in [0.4, 0.5) is 5.69 Å². The van der Waals surface area contributed by atoms with Gasteiger partial charge in [-0.3, -0.25) is 9.59 Å². The Morgan fingerprint density at radius 2 is 1.62 bits per heavy atom. The van der Waals surface area contributed by atoms with Crippen molar-refractivity contribution >= 4 is 46.9 Å². The molecule has 0 heterocycles. The number of benzene rings is 3. The summed E-state index contributed by atoms with van der Waals surface area (Å²) in [7, 11) is 2.93. The monoisotopic (exact) mass is 545 g/mol. The number of hydrogen-bond acceptors (Lipinski definition) is 7. The van der Waals surface area contributed by atoms with E-state index in [0.717, 1.165) is 0 Å². The van der Waals surface area contributed by atoms with Crippen molar-refractivity contribution in [3.8, 4) is 23.0 Å². The van der Waals surface area contributed by atoms with E-state index >= 15 is 0 Å². The fourth-order valence-corrected chi connectivity index (χ4v) is 3.63. The number of carbonyl (C=O) groups excluding carboxylic acids is 2. The van der Waals surface area contributed by atoms with Gasteiger partial charge in [-0.1, -0.05) is 29.3 Å². The first kappa shape index (κ1) is 27.6. The lowest BCUT2D eigenvalue weighted by atomic mass is 10.2. The van der Waals surface area contributed by atoms with Gasteiger partial charge in [-0.15, -0.1) is 0 Å². The second kappa shape index (κ2) is 13.4. The number of ether oxygens (including phenoxy) is 4. The molecule has 0 aliphatic heterocycles. The number of rotatable bonds is 10. The largest absolute Gasteiger partial charge is 0.497 e. The number of halogens is 2. The van der Waals surface area contributed by atoms with Crippen LogP contribution in [-0.2, 0) is 16.2 Å². The number of carbonyl (C=O) groups is 2. The van der Waals surface area contributed by atoms with E-state index in [1.807, 2.05) is 6.92 Å². The second-order valence-corrected chi connectivity index (χ2v) is 8.16. The summed E-state index contributed by atoms with van der Waals surface area (Å²) in [6.45, 7) is 2.38. The van der Waals surface area contributed by atoms with Crippen LogP contribution < -0.4 is 29.7 Å². The van der Waals surface area contributed by atoms with E-state index in [1.54, 1.807) is 48.5 Å². The lowest BCUT2D eigenvalue weighted by Gasteiger charge is -2.14. The van der Waals surface area contributed by atoms with E-state index < -0.39 is 11.8 Å². The van der Waals surface area contributed by atoms with Gasteiger partial charge in [0.25, 0.3) is 0 Å². The normalized spacial score (nSPS) is 10.6.